The van der Waals surface area contributed by atoms with Crippen LogP contribution in [0.5, 0.6) is 0 Å². The molecule has 0 bridgehead atoms. The Morgan fingerprint density at radius 3 is 3.12 bits per heavy atom. The van der Waals surface area contributed by atoms with Crippen molar-refractivity contribution in [2.45, 2.75) is 13.5 Å². The standard InChI is InChI=1S/C12H13N3O2/c1-2-15-11-5-3-9(4-6-12(16)14-17)7-10(11)8-13-15/h3-8,17H,2H2,1H3,(H,14,16)/b6-4+. The second-order valence-electron chi connectivity index (χ2n) is 3.59. The van der Waals surface area contributed by atoms with E-state index in [1.807, 2.05) is 29.8 Å². The van der Waals surface area contributed by atoms with Gasteiger partial charge in [0.1, 0.15) is 0 Å². The van der Waals surface area contributed by atoms with Gasteiger partial charge >= 0.3 is 0 Å². The van der Waals surface area contributed by atoms with E-state index in [2.05, 4.69) is 5.10 Å². The number of nitrogens with one attached hydrogen (secondary N) is 1. The number of fused-ring (bicyclic) bond motifs is 1. The molecular formula is C12H13N3O2. The van der Waals surface area contributed by atoms with Gasteiger partial charge < -0.3 is 0 Å². The molecule has 1 aromatic heterocycles. The summed E-state index contributed by atoms with van der Waals surface area (Å²) in [5.41, 5.74) is 3.50. The Balaban J connectivity index is 2.32. The smallest absolute Gasteiger partial charge is 0.267 e. The lowest BCUT2D eigenvalue weighted by molar-refractivity contribution is -0.124. The zero-order valence-corrected chi connectivity index (χ0v) is 9.42. The van der Waals surface area contributed by atoms with Gasteiger partial charge in [-0.25, -0.2) is 5.48 Å². The number of benzene rings is 1. The number of rotatable bonds is 3. The van der Waals surface area contributed by atoms with E-state index in [1.54, 1.807) is 17.8 Å². The lowest BCUT2D eigenvalue weighted by Crippen LogP contribution is -2.14. The lowest BCUT2D eigenvalue weighted by atomic mass is 10.1. The fraction of sp³-hybridized carbons (Fsp3) is 0.167. The highest BCUT2D eigenvalue weighted by Gasteiger charge is 2.01. The van der Waals surface area contributed by atoms with E-state index in [1.165, 1.54) is 6.08 Å². The molecule has 5 nitrogen and oxygen atoms in total. The molecule has 2 N–H and O–H groups in total. The van der Waals surface area contributed by atoms with Crippen LogP contribution in [-0.4, -0.2) is 20.9 Å². The molecule has 1 heterocycles. The number of amides is 1. The minimum Gasteiger partial charge on any atom is -0.288 e. The molecule has 1 amide bonds. The summed E-state index contributed by atoms with van der Waals surface area (Å²) in [5, 5.41) is 13.6. The maximum absolute atomic E-state index is 10.8. The summed E-state index contributed by atoms with van der Waals surface area (Å²) < 4.78 is 1.91. The minimum absolute atomic E-state index is 0.547. The average Bonchev–Trinajstić information content (AvgIpc) is 2.78. The molecule has 0 spiro atoms. The summed E-state index contributed by atoms with van der Waals surface area (Å²) in [6.07, 6.45) is 4.70. The Kier molecular flexibility index (Phi) is 3.20. The Labute approximate surface area is 98.3 Å². The molecule has 0 atom stereocenters. The molecule has 0 aliphatic rings. The van der Waals surface area contributed by atoms with Crippen molar-refractivity contribution in [1.29, 1.82) is 0 Å². The molecule has 0 saturated carbocycles. The van der Waals surface area contributed by atoms with E-state index in [0.717, 1.165) is 23.0 Å². The number of hydrogen-bond acceptors (Lipinski definition) is 3. The van der Waals surface area contributed by atoms with Crippen LogP contribution in [0.15, 0.2) is 30.5 Å². The molecule has 2 rings (SSSR count). The quantitative estimate of drug-likeness (QED) is 0.478. The van der Waals surface area contributed by atoms with Crippen LogP contribution < -0.4 is 5.48 Å². The fourth-order valence-electron chi connectivity index (χ4n) is 1.67. The molecule has 5 heteroatoms. The van der Waals surface area contributed by atoms with Crippen LogP contribution in [0.4, 0.5) is 0 Å². The molecule has 0 aliphatic carbocycles. The van der Waals surface area contributed by atoms with Crippen molar-refractivity contribution in [2.75, 3.05) is 0 Å². The number of hydroxylamine groups is 1. The van der Waals surface area contributed by atoms with E-state index < -0.39 is 5.91 Å². The lowest BCUT2D eigenvalue weighted by Gasteiger charge is -1.98. The van der Waals surface area contributed by atoms with Gasteiger partial charge in [0, 0.05) is 18.0 Å². The van der Waals surface area contributed by atoms with Crippen LogP contribution in [-0.2, 0) is 11.3 Å². The zero-order valence-electron chi connectivity index (χ0n) is 9.42. The van der Waals surface area contributed by atoms with E-state index in [4.69, 9.17) is 5.21 Å². The SMILES string of the molecule is CCn1ncc2cc(/C=C/C(=O)NO)ccc21. The number of carbonyl (C=O) groups is 1. The first-order chi connectivity index (χ1) is 8.24. The Bertz CT molecular complexity index is 572. The molecule has 0 saturated heterocycles. The molecule has 0 unspecified atom stereocenters. The predicted molar refractivity (Wildman–Crippen MR) is 64.4 cm³/mol. The highest BCUT2D eigenvalue weighted by Crippen LogP contribution is 2.16. The number of aromatic nitrogens is 2. The Morgan fingerprint density at radius 2 is 2.41 bits per heavy atom. The summed E-state index contributed by atoms with van der Waals surface area (Å²) in [6, 6.07) is 5.80. The van der Waals surface area contributed by atoms with Gasteiger partial charge in [-0.05, 0) is 30.7 Å². The first-order valence-electron chi connectivity index (χ1n) is 5.32. The molecule has 1 aromatic carbocycles. The van der Waals surface area contributed by atoms with Gasteiger partial charge in [-0.1, -0.05) is 6.07 Å². The second-order valence-corrected chi connectivity index (χ2v) is 3.59. The van der Waals surface area contributed by atoms with Crippen LogP contribution >= 0.6 is 0 Å². The molecule has 88 valence electrons. The fourth-order valence-corrected chi connectivity index (χ4v) is 1.67. The molecule has 2 aromatic rings. The largest absolute Gasteiger partial charge is 0.288 e. The van der Waals surface area contributed by atoms with E-state index >= 15 is 0 Å². The monoisotopic (exact) mass is 231 g/mol. The average molecular weight is 231 g/mol. The van der Waals surface area contributed by atoms with Crippen molar-refractivity contribution in [3.63, 3.8) is 0 Å². The van der Waals surface area contributed by atoms with E-state index in [0.29, 0.717) is 0 Å². The van der Waals surface area contributed by atoms with Crippen molar-refractivity contribution in [1.82, 2.24) is 15.3 Å². The first-order valence-corrected chi connectivity index (χ1v) is 5.32. The van der Waals surface area contributed by atoms with Gasteiger partial charge in [0.15, 0.2) is 0 Å². The normalized spacial score (nSPS) is 11.2. The summed E-state index contributed by atoms with van der Waals surface area (Å²) in [7, 11) is 0. The molecule has 0 aliphatic heterocycles. The van der Waals surface area contributed by atoms with Crippen LogP contribution in [0, 0.1) is 0 Å². The van der Waals surface area contributed by atoms with Crippen LogP contribution in [0.1, 0.15) is 12.5 Å². The third kappa shape index (κ3) is 2.34. The number of nitrogens with zero attached hydrogens (tertiary/aromatic N) is 2. The third-order valence-electron chi connectivity index (χ3n) is 2.50. The topological polar surface area (TPSA) is 67.2 Å². The number of hydrogen-bond donors (Lipinski definition) is 2. The highest BCUT2D eigenvalue weighted by atomic mass is 16.5. The summed E-state index contributed by atoms with van der Waals surface area (Å²) in [5.74, 6) is -0.547. The zero-order chi connectivity index (χ0) is 12.3. The Morgan fingerprint density at radius 1 is 1.59 bits per heavy atom. The van der Waals surface area contributed by atoms with Gasteiger partial charge in [-0.3, -0.25) is 14.7 Å². The molecule has 0 radical (unpaired) electrons. The maximum atomic E-state index is 10.8. The number of aryl methyl sites for hydroxylation is 1. The molecular weight excluding hydrogens is 218 g/mol. The number of carbonyl (C=O) groups excluding carboxylic acids is 1. The van der Waals surface area contributed by atoms with E-state index in [9.17, 15) is 4.79 Å². The van der Waals surface area contributed by atoms with Gasteiger partial charge in [-0.2, -0.15) is 5.10 Å². The van der Waals surface area contributed by atoms with Crippen molar-refractivity contribution in [3.05, 3.63) is 36.0 Å². The first kappa shape index (κ1) is 11.3. The van der Waals surface area contributed by atoms with Crippen LogP contribution in [0.25, 0.3) is 17.0 Å². The van der Waals surface area contributed by atoms with Gasteiger partial charge in [0.05, 0.1) is 11.7 Å². The highest BCUT2D eigenvalue weighted by molar-refractivity contribution is 5.91. The van der Waals surface area contributed by atoms with Gasteiger partial charge in [-0.15, -0.1) is 0 Å². The third-order valence-corrected chi connectivity index (χ3v) is 2.50. The predicted octanol–water partition coefficient (Wildman–Crippen LogP) is 1.57. The molecule has 0 fully saturated rings. The van der Waals surface area contributed by atoms with Crippen LogP contribution in [0.2, 0.25) is 0 Å². The van der Waals surface area contributed by atoms with Gasteiger partial charge in [0.2, 0.25) is 0 Å². The van der Waals surface area contributed by atoms with Crippen molar-refractivity contribution < 1.29 is 10.0 Å². The van der Waals surface area contributed by atoms with Crippen LogP contribution in [0.3, 0.4) is 0 Å². The van der Waals surface area contributed by atoms with Crippen molar-refractivity contribution in [3.8, 4) is 0 Å². The minimum atomic E-state index is -0.547. The summed E-state index contributed by atoms with van der Waals surface area (Å²) in [6.45, 7) is 2.86. The van der Waals surface area contributed by atoms with Crippen molar-refractivity contribution >= 4 is 22.9 Å². The van der Waals surface area contributed by atoms with Gasteiger partial charge in [0.25, 0.3) is 5.91 Å². The van der Waals surface area contributed by atoms with Crippen molar-refractivity contribution in [2.24, 2.45) is 0 Å². The molecule has 17 heavy (non-hydrogen) atoms. The second kappa shape index (κ2) is 4.80. The summed E-state index contributed by atoms with van der Waals surface area (Å²) in [4.78, 5) is 10.8. The maximum Gasteiger partial charge on any atom is 0.267 e. The van der Waals surface area contributed by atoms with E-state index in [-0.39, 0.29) is 0 Å². The summed E-state index contributed by atoms with van der Waals surface area (Å²) >= 11 is 0. The Hall–Kier alpha value is -2.14.